The Morgan fingerprint density at radius 2 is 2.00 bits per heavy atom. The quantitative estimate of drug-likeness (QED) is 0.699. The van der Waals surface area contributed by atoms with Gasteiger partial charge < -0.3 is 5.73 Å². The maximum absolute atomic E-state index is 11.5. The molecule has 0 aliphatic heterocycles. The predicted molar refractivity (Wildman–Crippen MR) is 68.4 cm³/mol. The molecule has 0 saturated heterocycles. The van der Waals surface area contributed by atoms with Crippen LogP contribution in [0, 0.1) is 23.7 Å². The molecule has 0 radical (unpaired) electrons. The number of hydrogen-bond acceptors (Lipinski definition) is 2. The van der Waals surface area contributed by atoms with Gasteiger partial charge in [-0.2, -0.15) is 0 Å². The third-order valence-electron chi connectivity index (χ3n) is 5.34. The lowest BCUT2D eigenvalue weighted by atomic mass is 9.57. The minimum Gasteiger partial charge on any atom is -0.328 e. The van der Waals surface area contributed by atoms with Crippen LogP contribution in [0.5, 0.6) is 0 Å². The van der Waals surface area contributed by atoms with Crippen LogP contribution in [0.3, 0.4) is 0 Å². The van der Waals surface area contributed by atoms with E-state index in [1.54, 1.807) is 0 Å². The van der Waals surface area contributed by atoms with Gasteiger partial charge in [0.25, 0.3) is 0 Å². The highest BCUT2D eigenvalue weighted by molar-refractivity contribution is 5.91. The van der Waals surface area contributed by atoms with Gasteiger partial charge in [-0.3, -0.25) is 4.79 Å². The number of rotatable bonds is 0. The normalized spacial score (nSPS) is 45.9. The van der Waals surface area contributed by atoms with Crippen molar-refractivity contribution in [2.75, 3.05) is 0 Å². The first-order valence-electron chi connectivity index (χ1n) is 7.14. The van der Waals surface area contributed by atoms with Crippen LogP contribution in [0.2, 0.25) is 0 Å². The van der Waals surface area contributed by atoms with Gasteiger partial charge in [0.05, 0.1) is 0 Å². The highest BCUT2D eigenvalue weighted by atomic mass is 16.1. The smallest absolute Gasteiger partial charge is 0.155 e. The average molecular weight is 233 g/mol. The van der Waals surface area contributed by atoms with E-state index in [-0.39, 0.29) is 0 Å². The molecule has 2 fully saturated rings. The Balaban J connectivity index is 1.86. The van der Waals surface area contributed by atoms with Gasteiger partial charge in [-0.25, -0.2) is 0 Å². The Labute approximate surface area is 104 Å². The Hall–Kier alpha value is -0.630. The monoisotopic (exact) mass is 233 g/mol. The van der Waals surface area contributed by atoms with Crippen molar-refractivity contribution in [3.63, 3.8) is 0 Å². The number of carbonyl (C=O) groups excluding carboxylic acids is 1. The van der Waals surface area contributed by atoms with E-state index < -0.39 is 0 Å². The highest BCUT2D eigenvalue weighted by Gasteiger charge is 2.43. The fourth-order valence-corrected chi connectivity index (χ4v) is 4.61. The first-order valence-corrected chi connectivity index (χ1v) is 7.14. The van der Waals surface area contributed by atoms with Crippen LogP contribution in [0.4, 0.5) is 0 Å². The van der Waals surface area contributed by atoms with Crippen LogP contribution in [-0.2, 0) is 4.79 Å². The van der Waals surface area contributed by atoms with Crippen molar-refractivity contribution in [2.24, 2.45) is 29.4 Å². The van der Waals surface area contributed by atoms with Gasteiger partial charge in [-0.1, -0.05) is 12.5 Å². The molecule has 2 nitrogen and oxygen atoms in total. The van der Waals surface area contributed by atoms with Crippen LogP contribution >= 0.6 is 0 Å². The molecule has 0 spiro atoms. The molecule has 2 N–H and O–H groups in total. The minimum atomic E-state index is 0.350. The number of allylic oxidation sites excluding steroid dienone is 2. The zero-order valence-electron chi connectivity index (χ0n) is 10.7. The molecular formula is C15H23NO. The van der Waals surface area contributed by atoms with E-state index in [0.29, 0.717) is 17.7 Å². The van der Waals surface area contributed by atoms with E-state index in [1.165, 1.54) is 24.8 Å². The van der Waals surface area contributed by atoms with Crippen LogP contribution in [0.25, 0.3) is 0 Å². The Morgan fingerprint density at radius 3 is 2.82 bits per heavy atom. The molecular weight excluding hydrogens is 210 g/mol. The van der Waals surface area contributed by atoms with Gasteiger partial charge >= 0.3 is 0 Å². The second kappa shape index (κ2) is 4.24. The molecule has 94 valence electrons. The first kappa shape index (κ1) is 11.5. The lowest BCUT2D eigenvalue weighted by Crippen LogP contribution is -2.44. The van der Waals surface area contributed by atoms with E-state index >= 15 is 0 Å². The first-order chi connectivity index (χ1) is 8.15. The molecule has 2 heteroatoms. The maximum atomic E-state index is 11.5. The molecule has 0 bridgehead atoms. The zero-order valence-corrected chi connectivity index (χ0v) is 10.7. The summed E-state index contributed by atoms with van der Waals surface area (Å²) in [5.41, 5.74) is 7.64. The van der Waals surface area contributed by atoms with Crippen LogP contribution in [0.15, 0.2) is 11.6 Å². The molecule has 3 rings (SSSR count). The summed E-state index contributed by atoms with van der Waals surface area (Å²) in [6, 6.07) is 0.392. The van der Waals surface area contributed by atoms with Gasteiger partial charge in [0.15, 0.2) is 5.78 Å². The van der Waals surface area contributed by atoms with Gasteiger partial charge in [0.1, 0.15) is 0 Å². The number of carbonyl (C=O) groups is 1. The van der Waals surface area contributed by atoms with Crippen LogP contribution in [0.1, 0.15) is 45.4 Å². The second-order valence-electron chi connectivity index (χ2n) is 6.41. The number of ketones is 1. The molecule has 0 aromatic carbocycles. The summed E-state index contributed by atoms with van der Waals surface area (Å²) in [5.74, 6) is 3.44. The molecule has 5 unspecified atom stereocenters. The van der Waals surface area contributed by atoms with Gasteiger partial charge in [0.2, 0.25) is 0 Å². The van der Waals surface area contributed by atoms with Gasteiger partial charge in [-0.05, 0) is 61.9 Å². The molecule has 5 atom stereocenters. The van der Waals surface area contributed by atoms with Crippen LogP contribution < -0.4 is 5.73 Å². The third kappa shape index (κ3) is 1.97. The van der Waals surface area contributed by atoms with Crippen molar-refractivity contribution < 1.29 is 4.79 Å². The fourth-order valence-electron chi connectivity index (χ4n) is 4.61. The van der Waals surface area contributed by atoms with Crippen molar-refractivity contribution in [1.82, 2.24) is 0 Å². The van der Waals surface area contributed by atoms with E-state index in [2.05, 4.69) is 6.92 Å². The number of fused-ring (bicyclic) bond motifs is 3. The number of nitrogens with two attached hydrogens (primary N) is 1. The second-order valence-corrected chi connectivity index (χ2v) is 6.41. The van der Waals surface area contributed by atoms with Crippen molar-refractivity contribution in [3.8, 4) is 0 Å². The summed E-state index contributed by atoms with van der Waals surface area (Å²) in [7, 11) is 0. The van der Waals surface area contributed by atoms with E-state index in [4.69, 9.17) is 5.73 Å². The molecule has 0 aromatic rings. The van der Waals surface area contributed by atoms with E-state index in [1.807, 2.05) is 6.08 Å². The molecule has 17 heavy (non-hydrogen) atoms. The highest BCUT2D eigenvalue weighted by Crippen LogP contribution is 2.50. The summed E-state index contributed by atoms with van der Waals surface area (Å²) in [6.07, 6.45) is 8.64. The predicted octanol–water partition coefficient (Wildman–Crippen LogP) is 2.68. The fraction of sp³-hybridized carbons (Fsp3) is 0.800. The molecule has 0 amide bonds. The lowest BCUT2D eigenvalue weighted by molar-refractivity contribution is -0.115. The molecule has 3 aliphatic rings. The van der Waals surface area contributed by atoms with Crippen molar-refractivity contribution in [1.29, 1.82) is 0 Å². The summed E-state index contributed by atoms with van der Waals surface area (Å²) in [6.45, 7) is 2.37. The molecule has 0 aromatic heterocycles. The Kier molecular flexibility index (Phi) is 2.86. The third-order valence-corrected chi connectivity index (χ3v) is 5.34. The number of hydrogen-bond donors (Lipinski definition) is 1. The Bertz CT molecular complexity index is 360. The minimum absolute atomic E-state index is 0.350. The largest absolute Gasteiger partial charge is 0.328 e. The van der Waals surface area contributed by atoms with Crippen molar-refractivity contribution >= 4 is 5.78 Å². The van der Waals surface area contributed by atoms with Gasteiger partial charge in [-0.15, -0.1) is 0 Å². The zero-order chi connectivity index (χ0) is 12.0. The van der Waals surface area contributed by atoms with Gasteiger partial charge in [0, 0.05) is 12.5 Å². The SMILES string of the molecule is CC1CC(N)CC2C3CCC(=O)C=C3CCC12. The van der Waals surface area contributed by atoms with Crippen molar-refractivity contribution in [3.05, 3.63) is 11.6 Å². The lowest BCUT2D eigenvalue weighted by Gasteiger charge is -2.48. The average Bonchev–Trinajstić information content (AvgIpc) is 2.27. The summed E-state index contributed by atoms with van der Waals surface area (Å²) >= 11 is 0. The standard InChI is InChI=1S/C15H23NO/c1-9-6-11(16)8-15-13(9)4-2-10-7-12(17)3-5-14(10)15/h7,9,11,13-15H,2-6,8,16H2,1H3. The molecule has 0 heterocycles. The van der Waals surface area contributed by atoms with Crippen molar-refractivity contribution in [2.45, 2.75) is 51.5 Å². The summed E-state index contributed by atoms with van der Waals surface area (Å²) < 4.78 is 0. The van der Waals surface area contributed by atoms with Crippen LogP contribution in [-0.4, -0.2) is 11.8 Å². The van der Waals surface area contributed by atoms with E-state index in [9.17, 15) is 4.79 Å². The van der Waals surface area contributed by atoms with E-state index in [0.717, 1.165) is 37.0 Å². The summed E-state index contributed by atoms with van der Waals surface area (Å²) in [5, 5.41) is 0. The molecule has 2 saturated carbocycles. The molecule has 3 aliphatic carbocycles. The summed E-state index contributed by atoms with van der Waals surface area (Å²) in [4.78, 5) is 11.5. The Morgan fingerprint density at radius 1 is 1.18 bits per heavy atom. The maximum Gasteiger partial charge on any atom is 0.155 e. The topological polar surface area (TPSA) is 43.1 Å².